The standard InChI is InChI=1S/C18H15N5OS/c1-11-9-12(2)21-18(20-11)23-19-10-13-7-8-15(24-13)17-22-14-5-3-4-6-16(14)25-17/h3-10H,1-2H3,(H,20,21,23)/b19-10-. The Morgan fingerprint density at radius 1 is 1.04 bits per heavy atom. The fourth-order valence-corrected chi connectivity index (χ4v) is 3.37. The molecule has 0 amide bonds. The number of aromatic nitrogens is 3. The topological polar surface area (TPSA) is 76.2 Å². The van der Waals surface area contributed by atoms with E-state index in [1.165, 1.54) is 0 Å². The van der Waals surface area contributed by atoms with Crippen LogP contribution in [0.2, 0.25) is 0 Å². The molecule has 4 aromatic rings. The lowest BCUT2D eigenvalue weighted by Gasteiger charge is -2.00. The van der Waals surface area contributed by atoms with E-state index in [4.69, 9.17) is 4.42 Å². The average Bonchev–Trinajstić information content (AvgIpc) is 3.20. The molecular weight excluding hydrogens is 334 g/mol. The van der Waals surface area contributed by atoms with Crippen LogP contribution < -0.4 is 5.43 Å². The van der Waals surface area contributed by atoms with Crippen LogP contribution in [0.5, 0.6) is 0 Å². The average molecular weight is 349 g/mol. The van der Waals surface area contributed by atoms with Gasteiger partial charge in [-0.3, -0.25) is 0 Å². The van der Waals surface area contributed by atoms with E-state index in [1.807, 2.05) is 50.2 Å². The van der Waals surface area contributed by atoms with Gasteiger partial charge >= 0.3 is 0 Å². The molecule has 0 aliphatic carbocycles. The van der Waals surface area contributed by atoms with Crippen LogP contribution in [0.25, 0.3) is 21.0 Å². The number of hydrogen-bond acceptors (Lipinski definition) is 7. The monoisotopic (exact) mass is 349 g/mol. The highest BCUT2D eigenvalue weighted by atomic mass is 32.1. The number of nitrogens with one attached hydrogen (secondary N) is 1. The second-order valence-electron chi connectivity index (χ2n) is 5.53. The summed E-state index contributed by atoms with van der Waals surface area (Å²) in [6.07, 6.45) is 1.60. The van der Waals surface area contributed by atoms with Gasteiger partial charge < -0.3 is 4.42 Å². The normalized spacial score (nSPS) is 11.4. The number of rotatable bonds is 4. The number of anilines is 1. The molecule has 0 bridgehead atoms. The highest BCUT2D eigenvalue weighted by Crippen LogP contribution is 2.30. The number of para-hydroxylation sites is 1. The maximum absolute atomic E-state index is 5.80. The van der Waals surface area contributed by atoms with Gasteiger partial charge in [0.05, 0.1) is 16.4 Å². The minimum atomic E-state index is 0.465. The Labute approximate surface area is 148 Å². The number of aryl methyl sites for hydroxylation is 2. The molecule has 0 aliphatic rings. The summed E-state index contributed by atoms with van der Waals surface area (Å²) in [6, 6.07) is 13.7. The van der Waals surface area contributed by atoms with E-state index >= 15 is 0 Å². The van der Waals surface area contributed by atoms with Crippen LogP contribution in [0.3, 0.4) is 0 Å². The maximum Gasteiger partial charge on any atom is 0.243 e. The van der Waals surface area contributed by atoms with E-state index in [-0.39, 0.29) is 0 Å². The number of hydrazone groups is 1. The summed E-state index contributed by atoms with van der Waals surface area (Å²) < 4.78 is 6.94. The van der Waals surface area contributed by atoms with Gasteiger partial charge in [0.2, 0.25) is 5.95 Å². The first kappa shape index (κ1) is 15.5. The molecule has 1 aromatic carbocycles. The van der Waals surface area contributed by atoms with Gasteiger partial charge in [-0.2, -0.15) is 5.10 Å². The summed E-state index contributed by atoms with van der Waals surface area (Å²) in [4.78, 5) is 13.1. The summed E-state index contributed by atoms with van der Waals surface area (Å²) in [5, 5.41) is 4.99. The van der Waals surface area contributed by atoms with Gasteiger partial charge in [0.1, 0.15) is 5.76 Å². The Morgan fingerprint density at radius 2 is 1.84 bits per heavy atom. The Hall–Kier alpha value is -3.06. The van der Waals surface area contributed by atoms with E-state index in [0.29, 0.717) is 11.7 Å². The predicted molar refractivity (Wildman–Crippen MR) is 100 cm³/mol. The smallest absolute Gasteiger partial charge is 0.243 e. The molecule has 0 unspecified atom stereocenters. The van der Waals surface area contributed by atoms with Crippen molar-refractivity contribution >= 4 is 33.7 Å². The van der Waals surface area contributed by atoms with Crippen molar-refractivity contribution < 1.29 is 4.42 Å². The molecule has 1 N–H and O–H groups in total. The molecule has 0 aliphatic heterocycles. The van der Waals surface area contributed by atoms with Crippen molar-refractivity contribution in [2.75, 3.05) is 5.43 Å². The van der Waals surface area contributed by atoms with Gasteiger partial charge in [0, 0.05) is 11.4 Å². The number of fused-ring (bicyclic) bond motifs is 1. The fraction of sp³-hybridized carbons (Fsp3) is 0.111. The van der Waals surface area contributed by atoms with Crippen LogP contribution >= 0.6 is 11.3 Å². The van der Waals surface area contributed by atoms with Crippen molar-refractivity contribution in [1.82, 2.24) is 15.0 Å². The maximum atomic E-state index is 5.80. The van der Waals surface area contributed by atoms with Crippen molar-refractivity contribution in [2.24, 2.45) is 5.10 Å². The van der Waals surface area contributed by atoms with Crippen molar-refractivity contribution in [3.8, 4) is 10.8 Å². The zero-order chi connectivity index (χ0) is 17.2. The number of nitrogens with zero attached hydrogens (tertiary/aromatic N) is 4. The van der Waals surface area contributed by atoms with Gasteiger partial charge in [-0.1, -0.05) is 12.1 Å². The minimum Gasteiger partial charge on any atom is -0.453 e. The van der Waals surface area contributed by atoms with E-state index < -0.39 is 0 Å². The molecule has 25 heavy (non-hydrogen) atoms. The van der Waals surface area contributed by atoms with Crippen molar-refractivity contribution in [3.63, 3.8) is 0 Å². The zero-order valence-electron chi connectivity index (χ0n) is 13.7. The molecule has 3 heterocycles. The summed E-state index contributed by atoms with van der Waals surface area (Å²) >= 11 is 1.60. The lowest BCUT2D eigenvalue weighted by molar-refractivity contribution is 0.574. The highest BCUT2D eigenvalue weighted by molar-refractivity contribution is 7.21. The van der Waals surface area contributed by atoms with Crippen LogP contribution in [-0.2, 0) is 0 Å². The third kappa shape index (κ3) is 3.41. The summed E-state index contributed by atoms with van der Waals surface area (Å²) in [5.41, 5.74) is 5.57. The molecule has 0 atom stereocenters. The minimum absolute atomic E-state index is 0.465. The third-order valence-electron chi connectivity index (χ3n) is 3.47. The molecule has 0 spiro atoms. The third-order valence-corrected chi connectivity index (χ3v) is 4.52. The molecule has 4 rings (SSSR count). The van der Waals surface area contributed by atoms with E-state index in [1.54, 1.807) is 17.6 Å². The number of thiazole rings is 1. The molecule has 0 saturated carbocycles. The summed E-state index contributed by atoms with van der Waals surface area (Å²) in [6.45, 7) is 3.83. The van der Waals surface area contributed by atoms with Crippen LogP contribution in [0, 0.1) is 13.8 Å². The van der Waals surface area contributed by atoms with Crippen molar-refractivity contribution in [1.29, 1.82) is 0 Å². The molecular formula is C18H15N5OS. The summed E-state index contributed by atoms with van der Waals surface area (Å²) in [7, 11) is 0. The molecule has 124 valence electrons. The van der Waals surface area contributed by atoms with Crippen LogP contribution in [-0.4, -0.2) is 21.2 Å². The summed E-state index contributed by atoms with van der Waals surface area (Å²) in [5.74, 6) is 1.82. The van der Waals surface area contributed by atoms with Gasteiger partial charge in [-0.25, -0.2) is 20.4 Å². The first-order valence-corrected chi connectivity index (χ1v) is 8.56. The first-order chi connectivity index (χ1) is 12.2. The molecule has 6 nitrogen and oxygen atoms in total. The van der Waals surface area contributed by atoms with Crippen molar-refractivity contribution in [2.45, 2.75) is 13.8 Å². The zero-order valence-corrected chi connectivity index (χ0v) is 14.5. The van der Waals surface area contributed by atoms with E-state index in [9.17, 15) is 0 Å². The van der Waals surface area contributed by atoms with Gasteiger partial charge in [0.15, 0.2) is 10.8 Å². The van der Waals surface area contributed by atoms with Crippen molar-refractivity contribution in [3.05, 3.63) is 59.6 Å². The van der Waals surface area contributed by atoms with Gasteiger partial charge in [-0.05, 0) is 44.2 Å². The van der Waals surface area contributed by atoms with Crippen LogP contribution in [0.15, 0.2) is 52.0 Å². The largest absolute Gasteiger partial charge is 0.453 e. The van der Waals surface area contributed by atoms with Gasteiger partial charge in [0.25, 0.3) is 0 Å². The number of furan rings is 1. The number of benzene rings is 1. The Morgan fingerprint density at radius 3 is 2.64 bits per heavy atom. The van der Waals surface area contributed by atoms with Crippen LogP contribution in [0.4, 0.5) is 5.95 Å². The van der Waals surface area contributed by atoms with Gasteiger partial charge in [-0.15, -0.1) is 11.3 Å². The lowest BCUT2D eigenvalue weighted by atomic mass is 10.3. The Balaban J connectivity index is 1.51. The predicted octanol–water partition coefficient (Wildman–Crippen LogP) is 4.41. The molecule has 0 fully saturated rings. The SMILES string of the molecule is Cc1cc(C)nc(N/N=C\c2ccc(-c3nc4ccccc4s3)o2)n1. The first-order valence-electron chi connectivity index (χ1n) is 7.74. The second kappa shape index (κ2) is 6.45. The van der Waals surface area contributed by atoms with E-state index in [0.717, 1.165) is 32.4 Å². The fourth-order valence-electron chi connectivity index (χ4n) is 2.44. The van der Waals surface area contributed by atoms with Crippen LogP contribution in [0.1, 0.15) is 17.1 Å². The van der Waals surface area contributed by atoms with E-state index in [2.05, 4.69) is 31.5 Å². The highest BCUT2D eigenvalue weighted by Gasteiger charge is 2.09. The quantitative estimate of drug-likeness (QED) is 0.436. The Kier molecular flexibility index (Phi) is 3.99. The molecule has 3 aromatic heterocycles. The molecule has 0 saturated heterocycles. The Bertz CT molecular complexity index is 1010. The molecule has 0 radical (unpaired) electrons. The molecule has 7 heteroatoms. The number of hydrogen-bond donors (Lipinski definition) is 1. The second-order valence-corrected chi connectivity index (χ2v) is 6.56. The lowest BCUT2D eigenvalue weighted by Crippen LogP contribution is -1.99.